The standard InChI is InChI=1S/C29H34N4O3.ClH/c30-17-18-6-9-21(10-7-18)29(36)33-13-12-23(20-4-2-1-3-5-20)27(33)26(34)15-19-8-11-24-22(14-19)16-25(32-24)28(31)35;/h1-5,8,11,14,16,18,21,23,27,32H,6-7,9-10,12-13,15,17,30H2,(H2,31,35);1H. The summed E-state index contributed by atoms with van der Waals surface area (Å²) in [6.07, 6.45) is 4.66. The van der Waals surface area contributed by atoms with Gasteiger partial charge in [0.05, 0.1) is 6.04 Å². The fourth-order valence-electron chi connectivity index (χ4n) is 6.10. The van der Waals surface area contributed by atoms with E-state index < -0.39 is 11.9 Å². The molecule has 2 heterocycles. The first-order valence-corrected chi connectivity index (χ1v) is 12.9. The molecule has 5 N–H and O–H groups in total. The van der Waals surface area contributed by atoms with Crippen molar-refractivity contribution in [1.29, 1.82) is 0 Å². The van der Waals surface area contributed by atoms with Crippen LogP contribution in [-0.2, 0) is 16.0 Å². The van der Waals surface area contributed by atoms with Crippen LogP contribution in [0, 0.1) is 11.8 Å². The summed E-state index contributed by atoms with van der Waals surface area (Å²) in [6, 6.07) is 17.0. The average Bonchev–Trinajstić information content (AvgIpc) is 3.54. The van der Waals surface area contributed by atoms with E-state index in [-0.39, 0.29) is 42.4 Å². The number of aromatic nitrogens is 1. The number of nitrogens with two attached hydrogens (primary N) is 2. The lowest BCUT2D eigenvalue weighted by Gasteiger charge is -2.33. The number of carbonyl (C=O) groups is 3. The van der Waals surface area contributed by atoms with Crippen LogP contribution in [0.3, 0.4) is 0 Å². The maximum absolute atomic E-state index is 13.9. The number of primary amides is 1. The molecule has 7 nitrogen and oxygen atoms in total. The summed E-state index contributed by atoms with van der Waals surface area (Å²) < 4.78 is 0. The third-order valence-electron chi connectivity index (χ3n) is 8.10. The van der Waals surface area contributed by atoms with E-state index in [0.717, 1.165) is 54.1 Å². The molecule has 2 atom stereocenters. The van der Waals surface area contributed by atoms with E-state index in [4.69, 9.17) is 11.5 Å². The number of nitrogens with one attached hydrogen (secondary N) is 1. The SMILES string of the molecule is Cl.NCC1CCC(C(=O)N2CCC(c3ccccc3)C2C(=O)Cc2ccc3[nH]c(C(N)=O)cc3c2)CC1. The number of Topliss-reactive ketones (excluding diaryl/α,β-unsaturated/α-hetero) is 1. The molecule has 0 spiro atoms. The van der Waals surface area contributed by atoms with E-state index in [0.29, 0.717) is 24.7 Å². The Labute approximate surface area is 223 Å². The molecule has 196 valence electrons. The normalized spacial score (nSPS) is 23.5. The van der Waals surface area contributed by atoms with Crippen LogP contribution in [-0.4, -0.2) is 46.6 Å². The fraction of sp³-hybridized carbons (Fsp3) is 0.414. The van der Waals surface area contributed by atoms with E-state index in [2.05, 4.69) is 17.1 Å². The molecule has 2 aliphatic rings. The molecule has 8 heteroatoms. The van der Waals surface area contributed by atoms with Crippen LogP contribution in [0.5, 0.6) is 0 Å². The van der Waals surface area contributed by atoms with Gasteiger partial charge in [-0.15, -0.1) is 12.4 Å². The first kappa shape index (κ1) is 26.9. The Morgan fingerprint density at radius 3 is 2.35 bits per heavy atom. The van der Waals surface area contributed by atoms with Gasteiger partial charge < -0.3 is 21.4 Å². The second kappa shape index (κ2) is 11.5. The van der Waals surface area contributed by atoms with Gasteiger partial charge in [0.1, 0.15) is 5.69 Å². The predicted octanol–water partition coefficient (Wildman–Crippen LogP) is 3.95. The van der Waals surface area contributed by atoms with Gasteiger partial charge in [-0.05, 0) is 73.9 Å². The van der Waals surface area contributed by atoms with Crippen LogP contribution in [0.2, 0.25) is 0 Å². The molecule has 1 saturated carbocycles. The summed E-state index contributed by atoms with van der Waals surface area (Å²) in [5.41, 5.74) is 14.4. The summed E-state index contributed by atoms with van der Waals surface area (Å²) in [5, 5.41) is 0.838. The number of halogens is 1. The second-order valence-corrected chi connectivity index (χ2v) is 10.3. The fourth-order valence-corrected chi connectivity index (χ4v) is 6.10. The number of aromatic amines is 1. The summed E-state index contributed by atoms with van der Waals surface area (Å²) >= 11 is 0. The quantitative estimate of drug-likeness (QED) is 0.434. The van der Waals surface area contributed by atoms with Crippen molar-refractivity contribution in [2.75, 3.05) is 13.1 Å². The third-order valence-corrected chi connectivity index (χ3v) is 8.10. The molecule has 0 radical (unpaired) electrons. The zero-order valence-corrected chi connectivity index (χ0v) is 21.7. The molecule has 1 aliphatic heterocycles. The van der Waals surface area contributed by atoms with Gasteiger partial charge >= 0.3 is 0 Å². The van der Waals surface area contributed by atoms with Gasteiger partial charge in [-0.3, -0.25) is 14.4 Å². The molecule has 2 amide bonds. The highest BCUT2D eigenvalue weighted by Crippen LogP contribution is 2.38. The molecule has 3 aromatic rings. The minimum Gasteiger partial charge on any atom is -0.364 e. The van der Waals surface area contributed by atoms with E-state index >= 15 is 0 Å². The second-order valence-electron chi connectivity index (χ2n) is 10.3. The Bertz CT molecular complexity index is 1270. The van der Waals surface area contributed by atoms with Crippen molar-refractivity contribution >= 4 is 40.9 Å². The van der Waals surface area contributed by atoms with Crippen molar-refractivity contribution in [2.45, 2.75) is 50.5 Å². The maximum Gasteiger partial charge on any atom is 0.265 e. The Balaban J connectivity index is 0.00000320. The number of fused-ring (bicyclic) bond motifs is 1. The highest BCUT2D eigenvalue weighted by atomic mass is 35.5. The zero-order chi connectivity index (χ0) is 25.2. The van der Waals surface area contributed by atoms with E-state index in [9.17, 15) is 14.4 Å². The van der Waals surface area contributed by atoms with E-state index in [1.807, 2.05) is 41.3 Å². The number of hydrogen-bond acceptors (Lipinski definition) is 4. The lowest BCUT2D eigenvalue weighted by atomic mass is 9.81. The molecular formula is C29H35ClN4O3. The van der Waals surface area contributed by atoms with Gasteiger partial charge in [-0.2, -0.15) is 0 Å². The lowest BCUT2D eigenvalue weighted by molar-refractivity contribution is -0.142. The monoisotopic (exact) mass is 522 g/mol. The molecule has 1 aliphatic carbocycles. The van der Waals surface area contributed by atoms with Crippen molar-refractivity contribution in [1.82, 2.24) is 9.88 Å². The van der Waals surface area contributed by atoms with Crippen LogP contribution in [0.1, 0.15) is 59.6 Å². The topological polar surface area (TPSA) is 122 Å². The van der Waals surface area contributed by atoms with Crippen LogP contribution in [0.4, 0.5) is 0 Å². The molecule has 0 bridgehead atoms. The number of likely N-dealkylation sites (tertiary alicyclic amines) is 1. The number of hydrogen-bond donors (Lipinski definition) is 3. The minimum absolute atomic E-state index is 0. The predicted molar refractivity (Wildman–Crippen MR) is 147 cm³/mol. The van der Waals surface area contributed by atoms with Gasteiger partial charge in [-0.25, -0.2) is 0 Å². The molecule has 1 saturated heterocycles. The summed E-state index contributed by atoms with van der Waals surface area (Å²) in [6.45, 7) is 1.28. The first-order chi connectivity index (χ1) is 17.4. The number of H-pyrrole nitrogens is 1. The van der Waals surface area contributed by atoms with Crippen LogP contribution < -0.4 is 11.5 Å². The van der Waals surface area contributed by atoms with Gasteiger partial charge in [0.2, 0.25) is 5.91 Å². The molecule has 2 fully saturated rings. The molecule has 37 heavy (non-hydrogen) atoms. The highest BCUT2D eigenvalue weighted by Gasteiger charge is 2.44. The number of rotatable bonds is 7. The zero-order valence-electron chi connectivity index (χ0n) is 20.9. The van der Waals surface area contributed by atoms with Crippen molar-refractivity contribution in [3.8, 4) is 0 Å². The smallest absolute Gasteiger partial charge is 0.265 e. The lowest BCUT2D eigenvalue weighted by Crippen LogP contribution is -2.46. The van der Waals surface area contributed by atoms with Crippen LogP contribution in [0.25, 0.3) is 10.9 Å². The number of benzene rings is 2. The molecule has 2 unspecified atom stereocenters. The molecule has 1 aromatic heterocycles. The number of nitrogens with zero attached hydrogens (tertiary/aromatic N) is 1. The first-order valence-electron chi connectivity index (χ1n) is 12.9. The van der Waals surface area contributed by atoms with Gasteiger partial charge in [0.15, 0.2) is 5.78 Å². The number of amides is 2. The Morgan fingerprint density at radius 1 is 0.946 bits per heavy atom. The van der Waals surface area contributed by atoms with Gasteiger partial charge in [0.25, 0.3) is 5.91 Å². The summed E-state index contributed by atoms with van der Waals surface area (Å²) in [4.78, 5) is 43.9. The third kappa shape index (κ3) is 5.58. The number of carbonyl (C=O) groups excluding carboxylic acids is 3. The Morgan fingerprint density at radius 2 is 1.68 bits per heavy atom. The largest absolute Gasteiger partial charge is 0.364 e. The Hall–Kier alpha value is -3.16. The molecular weight excluding hydrogens is 488 g/mol. The van der Waals surface area contributed by atoms with Crippen molar-refractivity contribution in [3.63, 3.8) is 0 Å². The highest BCUT2D eigenvalue weighted by molar-refractivity contribution is 5.98. The summed E-state index contributed by atoms with van der Waals surface area (Å²) in [5.74, 6) is 0.113. The van der Waals surface area contributed by atoms with Crippen LogP contribution >= 0.6 is 12.4 Å². The average molecular weight is 523 g/mol. The minimum atomic E-state index is -0.518. The number of ketones is 1. The van der Waals surface area contributed by atoms with Gasteiger partial charge in [-0.1, -0.05) is 36.4 Å². The van der Waals surface area contributed by atoms with Crippen molar-refractivity contribution in [3.05, 3.63) is 71.4 Å². The van der Waals surface area contributed by atoms with Crippen molar-refractivity contribution < 1.29 is 14.4 Å². The molecule has 5 rings (SSSR count). The maximum atomic E-state index is 13.9. The summed E-state index contributed by atoms with van der Waals surface area (Å²) in [7, 11) is 0. The Kier molecular flexibility index (Phi) is 8.35. The van der Waals surface area contributed by atoms with E-state index in [1.165, 1.54) is 0 Å². The van der Waals surface area contributed by atoms with Crippen molar-refractivity contribution in [2.24, 2.45) is 23.3 Å². The molecule has 2 aromatic carbocycles. The van der Waals surface area contributed by atoms with Crippen LogP contribution in [0.15, 0.2) is 54.6 Å². The van der Waals surface area contributed by atoms with Gasteiger partial charge in [0, 0.05) is 35.7 Å². The van der Waals surface area contributed by atoms with E-state index in [1.54, 1.807) is 6.07 Å².